The van der Waals surface area contributed by atoms with Gasteiger partial charge in [-0.05, 0) is 44.1 Å². The lowest BCUT2D eigenvalue weighted by Crippen LogP contribution is -2.32. The Bertz CT molecular complexity index is 962. The maximum Gasteiger partial charge on any atom is 0.317 e. The topological polar surface area (TPSA) is 97.0 Å². The second-order valence-corrected chi connectivity index (χ2v) is 7.02. The lowest BCUT2D eigenvalue weighted by molar-refractivity contribution is -0.123. The summed E-state index contributed by atoms with van der Waals surface area (Å²) in [4.78, 5) is 23.3. The molecule has 1 N–H and O–H groups in total. The Balaban J connectivity index is 1.57. The van der Waals surface area contributed by atoms with Gasteiger partial charge in [0.05, 0.1) is 5.52 Å². The first-order valence-corrected chi connectivity index (χ1v) is 9.10. The molecular weight excluding hydrogens is 344 g/mol. The van der Waals surface area contributed by atoms with Crippen molar-refractivity contribution in [3.05, 3.63) is 30.1 Å². The molecule has 4 heterocycles. The molecule has 1 fully saturated rings. The second-order valence-electron chi connectivity index (χ2n) is 7.02. The van der Waals surface area contributed by atoms with E-state index in [2.05, 4.69) is 25.5 Å². The van der Waals surface area contributed by atoms with Gasteiger partial charge in [-0.2, -0.15) is 0 Å². The summed E-state index contributed by atoms with van der Waals surface area (Å²) in [7, 11) is 3.67. The molecule has 8 heteroatoms. The molecule has 1 aliphatic rings. The Morgan fingerprint density at radius 2 is 2.07 bits per heavy atom. The summed E-state index contributed by atoms with van der Waals surface area (Å²) in [6, 6.07) is 6.05. The molecule has 1 saturated heterocycles. The lowest BCUT2D eigenvalue weighted by Gasteiger charge is -2.21. The largest absolute Gasteiger partial charge is 0.402 e. The number of rotatable bonds is 5. The summed E-state index contributed by atoms with van der Waals surface area (Å²) >= 11 is 0. The van der Waals surface area contributed by atoms with Crippen molar-refractivity contribution in [2.75, 3.05) is 32.1 Å². The third kappa shape index (κ3) is 3.80. The van der Waals surface area contributed by atoms with E-state index in [9.17, 15) is 4.79 Å². The number of fused-ring (bicyclic) bond motifs is 1. The minimum absolute atomic E-state index is 0.130. The summed E-state index contributed by atoms with van der Waals surface area (Å²) in [5.41, 5.74) is 2.11. The molecule has 8 nitrogen and oxygen atoms in total. The van der Waals surface area contributed by atoms with Crippen LogP contribution in [-0.2, 0) is 11.2 Å². The lowest BCUT2D eigenvalue weighted by atomic mass is 9.91. The molecule has 27 heavy (non-hydrogen) atoms. The van der Waals surface area contributed by atoms with E-state index in [0.29, 0.717) is 24.0 Å². The number of anilines is 1. The van der Waals surface area contributed by atoms with Crippen molar-refractivity contribution in [3.63, 3.8) is 0 Å². The van der Waals surface area contributed by atoms with Crippen LogP contribution >= 0.6 is 0 Å². The van der Waals surface area contributed by atoms with Gasteiger partial charge in [0.15, 0.2) is 0 Å². The molecule has 0 radical (unpaired) electrons. The molecule has 0 aliphatic carbocycles. The fourth-order valence-corrected chi connectivity index (χ4v) is 3.24. The Kier molecular flexibility index (Phi) is 4.81. The molecular formula is C19H22N6O2. The van der Waals surface area contributed by atoms with Gasteiger partial charge in [0, 0.05) is 43.7 Å². The van der Waals surface area contributed by atoms with Gasteiger partial charge in [0.25, 0.3) is 5.89 Å². The highest BCUT2D eigenvalue weighted by Crippen LogP contribution is 2.23. The van der Waals surface area contributed by atoms with Crippen molar-refractivity contribution < 1.29 is 9.21 Å². The summed E-state index contributed by atoms with van der Waals surface area (Å²) < 4.78 is 5.62. The number of Topliss-reactive ketones (excluding diaryl/α,β-unsaturated/α-hetero) is 1. The first kappa shape index (κ1) is 17.5. The van der Waals surface area contributed by atoms with Crippen molar-refractivity contribution in [1.29, 1.82) is 0 Å². The van der Waals surface area contributed by atoms with Crippen LogP contribution in [0.4, 0.5) is 6.01 Å². The molecule has 3 aromatic rings. The van der Waals surface area contributed by atoms with Crippen molar-refractivity contribution >= 4 is 22.7 Å². The quantitative estimate of drug-likeness (QED) is 0.731. The number of hydrogen-bond acceptors (Lipinski definition) is 8. The van der Waals surface area contributed by atoms with Crippen LogP contribution in [-0.4, -0.2) is 53.1 Å². The third-order valence-corrected chi connectivity index (χ3v) is 4.80. The fraction of sp³-hybridized carbons (Fsp3) is 0.421. The van der Waals surface area contributed by atoms with Crippen LogP contribution in [0, 0.1) is 5.92 Å². The predicted molar refractivity (Wildman–Crippen MR) is 101 cm³/mol. The first-order valence-electron chi connectivity index (χ1n) is 9.10. The minimum Gasteiger partial charge on any atom is -0.402 e. The number of pyridine rings is 2. The van der Waals surface area contributed by atoms with Crippen LogP contribution in [0.5, 0.6) is 0 Å². The van der Waals surface area contributed by atoms with E-state index in [1.807, 2.05) is 32.3 Å². The molecule has 0 unspecified atom stereocenters. The Morgan fingerprint density at radius 3 is 2.81 bits per heavy atom. The van der Waals surface area contributed by atoms with E-state index in [-0.39, 0.29) is 11.7 Å². The average Bonchev–Trinajstić information content (AvgIpc) is 3.19. The van der Waals surface area contributed by atoms with Gasteiger partial charge in [-0.3, -0.25) is 9.78 Å². The molecule has 1 aliphatic heterocycles. The van der Waals surface area contributed by atoms with Crippen LogP contribution in [0.1, 0.15) is 18.5 Å². The van der Waals surface area contributed by atoms with Gasteiger partial charge in [-0.1, -0.05) is 5.10 Å². The summed E-state index contributed by atoms with van der Waals surface area (Å²) in [6.45, 7) is 1.82. The molecule has 0 amide bonds. The van der Waals surface area contributed by atoms with Crippen LogP contribution < -0.4 is 10.2 Å². The fourth-order valence-electron chi connectivity index (χ4n) is 3.24. The minimum atomic E-state index is 0.130. The highest BCUT2D eigenvalue weighted by atomic mass is 16.4. The van der Waals surface area contributed by atoms with Crippen molar-refractivity contribution in [2.45, 2.75) is 19.3 Å². The van der Waals surface area contributed by atoms with Crippen LogP contribution in [0.3, 0.4) is 0 Å². The highest BCUT2D eigenvalue weighted by Gasteiger charge is 2.21. The number of nitrogens with zero attached hydrogens (tertiary/aromatic N) is 5. The molecule has 0 atom stereocenters. The van der Waals surface area contributed by atoms with Crippen molar-refractivity contribution in [1.82, 2.24) is 25.5 Å². The van der Waals surface area contributed by atoms with Gasteiger partial charge in [0.2, 0.25) is 0 Å². The number of ketones is 1. The smallest absolute Gasteiger partial charge is 0.317 e. The maximum absolute atomic E-state index is 12.5. The van der Waals surface area contributed by atoms with Gasteiger partial charge in [-0.15, -0.1) is 5.10 Å². The molecule has 0 saturated carbocycles. The molecule has 140 valence electrons. The van der Waals surface area contributed by atoms with Crippen LogP contribution in [0.25, 0.3) is 22.5 Å². The zero-order valence-corrected chi connectivity index (χ0v) is 15.5. The molecule has 3 aromatic heterocycles. The van der Waals surface area contributed by atoms with E-state index in [1.54, 1.807) is 11.1 Å². The number of carbonyl (C=O) groups is 1. The zero-order chi connectivity index (χ0) is 18.8. The van der Waals surface area contributed by atoms with Gasteiger partial charge in [0.1, 0.15) is 11.5 Å². The van der Waals surface area contributed by atoms with E-state index in [0.717, 1.165) is 42.5 Å². The molecule has 4 rings (SSSR count). The number of nitrogens with one attached hydrogen (secondary N) is 1. The summed E-state index contributed by atoms with van der Waals surface area (Å²) in [5, 5.41) is 12.2. The first-order chi connectivity index (χ1) is 13.1. The number of hydrogen-bond donors (Lipinski definition) is 1. The normalized spacial score (nSPS) is 15.2. The molecule has 0 aromatic carbocycles. The third-order valence-electron chi connectivity index (χ3n) is 4.80. The van der Waals surface area contributed by atoms with Crippen molar-refractivity contribution in [3.8, 4) is 11.6 Å². The van der Waals surface area contributed by atoms with E-state index in [1.165, 1.54) is 0 Å². The highest BCUT2D eigenvalue weighted by molar-refractivity contribution is 5.85. The Labute approximate surface area is 157 Å². The van der Waals surface area contributed by atoms with E-state index >= 15 is 0 Å². The van der Waals surface area contributed by atoms with E-state index < -0.39 is 0 Å². The number of piperidine rings is 1. The van der Waals surface area contributed by atoms with Gasteiger partial charge >= 0.3 is 6.01 Å². The van der Waals surface area contributed by atoms with Crippen LogP contribution in [0.15, 0.2) is 28.8 Å². The maximum atomic E-state index is 12.5. The number of carbonyl (C=O) groups excluding carboxylic acids is 1. The van der Waals surface area contributed by atoms with Gasteiger partial charge in [-0.25, -0.2) is 4.98 Å². The zero-order valence-electron chi connectivity index (χ0n) is 15.5. The van der Waals surface area contributed by atoms with Crippen molar-refractivity contribution in [2.24, 2.45) is 5.92 Å². The van der Waals surface area contributed by atoms with E-state index in [4.69, 9.17) is 4.42 Å². The molecule has 0 bridgehead atoms. The Morgan fingerprint density at radius 1 is 1.26 bits per heavy atom. The SMILES string of the molecule is CN(C)c1nnc(-c2ccc3cnc(CC(=O)C4CCNCC4)cc3n2)o1. The summed E-state index contributed by atoms with van der Waals surface area (Å²) in [5.74, 6) is 0.752. The second kappa shape index (κ2) is 7.40. The van der Waals surface area contributed by atoms with Crippen LogP contribution in [0.2, 0.25) is 0 Å². The Hall–Kier alpha value is -2.87. The predicted octanol–water partition coefficient (Wildman–Crippen LogP) is 1.86. The monoisotopic (exact) mass is 366 g/mol. The molecule has 0 spiro atoms. The standard InChI is InChI=1S/C19H22N6O2/c1-25(2)19-24-23-18(27-19)15-4-3-13-11-21-14(9-16(13)22-15)10-17(26)12-5-7-20-8-6-12/h3-4,9,11-12,20H,5-8,10H2,1-2H3. The average molecular weight is 366 g/mol. The summed E-state index contributed by atoms with van der Waals surface area (Å²) in [6.07, 6.45) is 3.91. The van der Waals surface area contributed by atoms with Gasteiger partial charge < -0.3 is 14.6 Å². The number of aromatic nitrogens is 4.